The number of nitrogens with one attached hydrogen (secondary N) is 1. The zero-order valence-electron chi connectivity index (χ0n) is 14.3. The molecular weight excluding hydrogens is 352 g/mol. The molecule has 0 fully saturated rings. The molecule has 0 saturated heterocycles. The summed E-state index contributed by atoms with van der Waals surface area (Å²) in [6.07, 6.45) is 1.43. The van der Waals surface area contributed by atoms with Crippen LogP contribution in [0.1, 0.15) is 5.56 Å². The maximum absolute atomic E-state index is 11.7. The number of hydrogen-bond donors (Lipinski definition) is 2. The minimum atomic E-state index is -3.80. The summed E-state index contributed by atoms with van der Waals surface area (Å²) in [5.41, 5.74) is 2.65. The van der Waals surface area contributed by atoms with E-state index in [0.717, 1.165) is 5.56 Å². The molecular formula is C18H18N4O3S. The van der Waals surface area contributed by atoms with E-state index < -0.39 is 10.0 Å². The number of aromatic nitrogens is 2. The Kier molecular flexibility index (Phi) is 4.88. The van der Waals surface area contributed by atoms with Gasteiger partial charge in [0.15, 0.2) is 0 Å². The highest BCUT2D eigenvalue weighted by atomic mass is 32.2. The second-order valence-corrected chi connectivity index (χ2v) is 7.17. The fourth-order valence-electron chi connectivity index (χ4n) is 2.56. The number of nitrogens with zero attached hydrogens (tertiary/aromatic N) is 2. The van der Waals surface area contributed by atoms with E-state index in [2.05, 4.69) is 15.3 Å². The number of para-hydroxylation sites is 1. The van der Waals surface area contributed by atoms with Crippen molar-refractivity contribution in [3.8, 4) is 17.0 Å². The number of rotatable bonds is 5. The highest BCUT2D eigenvalue weighted by Crippen LogP contribution is 2.29. The minimum absolute atomic E-state index is 0.0708. The van der Waals surface area contributed by atoms with Gasteiger partial charge in [0.2, 0.25) is 10.0 Å². The summed E-state index contributed by atoms with van der Waals surface area (Å²) in [6.45, 7) is 1.69. The molecule has 0 unspecified atom stereocenters. The lowest BCUT2D eigenvalue weighted by atomic mass is 10.1. The molecule has 7 nitrogen and oxygen atoms in total. The number of aryl methyl sites for hydroxylation is 1. The molecule has 3 aromatic rings. The van der Waals surface area contributed by atoms with Crippen molar-refractivity contribution in [2.45, 2.75) is 11.8 Å². The normalized spacial score (nSPS) is 11.2. The fourth-order valence-corrected chi connectivity index (χ4v) is 3.37. The van der Waals surface area contributed by atoms with E-state index in [4.69, 9.17) is 9.88 Å². The summed E-state index contributed by atoms with van der Waals surface area (Å²) in [5, 5.41) is 8.34. The molecule has 3 N–H and O–H groups in total. The first-order chi connectivity index (χ1) is 12.4. The van der Waals surface area contributed by atoms with Gasteiger partial charge in [-0.05, 0) is 36.8 Å². The molecule has 8 heteroatoms. The predicted molar refractivity (Wildman–Crippen MR) is 99.9 cm³/mol. The van der Waals surface area contributed by atoms with E-state index in [0.29, 0.717) is 28.5 Å². The minimum Gasteiger partial charge on any atom is -0.496 e. The Hall–Kier alpha value is -2.97. The monoisotopic (exact) mass is 370 g/mol. The number of anilines is 2. The van der Waals surface area contributed by atoms with Gasteiger partial charge in [-0.2, -0.15) is 0 Å². The maximum Gasteiger partial charge on any atom is 0.238 e. The number of hydrogen-bond acceptors (Lipinski definition) is 6. The largest absolute Gasteiger partial charge is 0.496 e. The van der Waals surface area contributed by atoms with Crippen LogP contribution < -0.4 is 15.2 Å². The summed E-state index contributed by atoms with van der Waals surface area (Å²) in [4.78, 5) is 8.54. The van der Waals surface area contributed by atoms with E-state index in [1.165, 1.54) is 12.4 Å². The van der Waals surface area contributed by atoms with Gasteiger partial charge in [0.25, 0.3) is 0 Å². The summed E-state index contributed by atoms with van der Waals surface area (Å²) in [6, 6.07) is 14.2. The van der Waals surface area contributed by atoms with Crippen molar-refractivity contribution in [1.29, 1.82) is 0 Å². The Morgan fingerprint density at radius 2 is 1.85 bits per heavy atom. The van der Waals surface area contributed by atoms with E-state index in [1.807, 2.05) is 24.3 Å². The quantitative estimate of drug-likeness (QED) is 0.715. The molecule has 0 spiro atoms. The van der Waals surface area contributed by atoms with Crippen LogP contribution in [0.3, 0.4) is 0 Å². The van der Waals surface area contributed by atoms with Crippen LogP contribution in [-0.4, -0.2) is 25.5 Å². The van der Waals surface area contributed by atoms with E-state index in [9.17, 15) is 8.42 Å². The van der Waals surface area contributed by atoms with Crippen LogP contribution in [0.4, 0.5) is 11.5 Å². The first kappa shape index (κ1) is 17.8. The van der Waals surface area contributed by atoms with Crippen LogP contribution in [0.25, 0.3) is 11.3 Å². The molecule has 26 heavy (non-hydrogen) atoms. The standard InChI is InChI=1S/C18H18N4O3S/c1-12-7-8-13(9-17(12)26(19,23)24)22-18-10-15(20-11-21-18)14-5-3-4-6-16(14)25-2/h3-11H,1-2H3,(H2,19,23,24)(H,20,21,22). The summed E-state index contributed by atoms with van der Waals surface area (Å²) >= 11 is 0. The molecule has 0 aliphatic carbocycles. The molecule has 0 atom stereocenters. The van der Waals surface area contributed by atoms with Crippen molar-refractivity contribution in [2.24, 2.45) is 5.14 Å². The Balaban J connectivity index is 1.95. The first-order valence-corrected chi connectivity index (χ1v) is 9.29. The van der Waals surface area contributed by atoms with Crippen LogP contribution in [0.2, 0.25) is 0 Å². The number of nitrogens with two attached hydrogens (primary N) is 1. The van der Waals surface area contributed by atoms with Gasteiger partial charge in [0.1, 0.15) is 17.9 Å². The fraction of sp³-hybridized carbons (Fsp3) is 0.111. The van der Waals surface area contributed by atoms with Gasteiger partial charge in [0, 0.05) is 17.3 Å². The molecule has 1 aromatic heterocycles. The number of primary sulfonamides is 1. The Morgan fingerprint density at radius 1 is 1.08 bits per heavy atom. The van der Waals surface area contributed by atoms with Gasteiger partial charge in [-0.25, -0.2) is 23.5 Å². The number of methoxy groups -OCH3 is 1. The van der Waals surface area contributed by atoms with Crippen molar-refractivity contribution >= 4 is 21.5 Å². The zero-order chi connectivity index (χ0) is 18.7. The molecule has 0 radical (unpaired) electrons. The third-order valence-corrected chi connectivity index (χ3v) is 4.87. The van der Waals surface area contributed by atoms with Crippen molar-refractivity contribution < 1.29 is 13.2 Å². The lowest BCUT2D eigenvalue weighted by Crippen LogP contribution is -2.14. The van der Waals surface area contributed by atoms with Gasteiger partial charge < -0.3 is 10.1 Å². The average molecular weight is 370 g/mol. The van der Waals surface area contributed by atoms with Crippen LogP contribution in [0.15, 0.2) is 59.8 Å². The topological polar surface area (TPSA) is 107 Å². The summed E-state index contributed by atoms with van der Waals surface area (Å²) < 4.78 is 28.7. The Bertz CT molecular complexity index is 1050. The van der Waals surface area contributed by atoms with Crippen LogP contribution in [0, 0.1) is 6.92 Å². The smallest absolute Gasteiger partial charge is 0.238 e. The zero-order valence-corrected chi connectivity index (χ0v) is 15.1. The van der Waals surface area contributed by atoms with Crippen molar-refractivity contribution in [3.05, 3.63) is 60.4 Å². The van der Waals surface area contributed by atoms with Crippen LogP contribution in [0.5, 0.6) is 5.75 Å². The predicted octanol–water partition coefficient (Wildman–Crippen LogP) is 2.85. The number of sulfonamides is 1. The third-order valence-electron chi connectivity index (χ3n) is 3.82. The second kappa shape index (κ2) is 7.11. The van der Waals surface area contributed by atoms with E-state index in [1.54, 1.807) is 32.2 Å². The van der Waals surface area contributed by atoms with Gasteiger partial charge in [-0.1, -0.05) is 18.2 Å². The van der Waals surface area contributed by atoms with E-state index >= 15 is 0 Å². The van der Waals surface area contributed by atoms with Gasteiger partial charge >= 0.3 is 0 Å². The maximum atomic E-state index is 11.7. The molecule has 0 bridgehead atoms. The molecule has 134 valence electrons. The van der Waals surface area contributed by atoms with Crippen LogP contribution in [-0.2, 0) is 10.0 Å². The van der Waals surface area contributed by atoms with Crippen LogP contribution >= 0.6 is 0 Å². The summed E-state index contributed by atoms with van der Waals surface area (Å²) in [5.74, 6) is 1.22. The molecule has 0 amide bonds. The molecule has 2 aromatic carbocycles. The highest BCUT2D eigenvalue weighted by Gasteiger charge is 2.13. The third kappa shape index (κ3) is 3.81. The Labute approximate surface area is 151 Å². The van der Waals surface area contributed by atoms with Crippen molar-refractivity contribution in [1.82, 2.24) is 9.97 Å². The van der Waals surface area contributed by atoms with Gasteiger partial charge in [-0.15, -0.1) is 0 Å². The number of ether oxygens (including phenoxy) is 1. The molecule has 1 heterocycles. The van der Waals surface area contributed by atoms with Gasteiger partial charge in [-0.3, -0.25) is 0 Å². The molecule has 0 aliphatic heterocycles. The lowest BCUT2D eigenvalue weighted by molar-refractivity contribution is 0.416. The molecule has 0 aliphatic rings. The van der Waals surface area contributed by atoms with Crippen molar-refractivity contribution in [3.63, 3.8) is 0 Å². The second-order valence-electron chi connectivity index (χ2n) is 5.64. The summed E-state index contributed by atoms with van der Waals surface area (Å²) in [7, 11) is -2.20. The molecule has 3 rings (SSSR count). The average Bonchev–Trinajstić information content (AvgIpc) is 2.62. The molecule has 0 saturated carbocycles. The Morgan fingerprint density at radius 3 is 2.58 bits per heavy atom. The highest BCUT2D eigenvalue weighted by molar-refractivity contribution is 7.89. The van der Waals surface area contributed by atoms with Gasteiger partial charge in [0.05, 0.1) is 17.7 Å². The van der Waals surface area contributed by atoms with E-state index in [-0.39, 0.29) is 4.90 Å². The lowest BCUT2D eigenvalue weighted by Gasteiger charge is -2.11. The SMILES string of the molecule is COc1ccccc1-c1cc(Nc2ccc(C)c(S(N)(=O)=O)c2)ncn1. The number of benzene rings is 2. The first-order valence-electron chi connectivity index (χ1n) is 7.74. The van der Waals surface area contributed by atoms with Crippen molar-refractivity contribution in [2.75, 3.05) is 12.4 Å².